The van der Waals surface area contributed by atoms with Gasteiger partial charge in [0.1, 0.15) is 0 Å². The molecule has 0 N–H and O–H groups in total. The normalized spacial score (nSPS) is 12.6. The van der Waals surface area contributed by atoms with Crippen molar-refractivity contribution in [1.82, 2.24) is 5.16 Å². The molecule has 0 fully saturated rings. The van der Waals surface area contributed by atoms with Gasteiger partial charge in [-0.25, -0.2) is 0 Å². The second-order valence-electron chi connectivity index (χ2n) is 3.26. The number of hydrogen-bond donors (Lipinski definition) is 0. The minimum Gasteiger partial charge on any atom is -0.356 e. The van der Waals surface area contributed by atoms with Crippen LogP contribution in [0, 0.1) is 0 Å². The van der Waals surface area contributed by atoms with Gasteiger partial charge in [-0.1, -0.05) is 35.5 Å². The first kappa shape index (κ1) is 10.1. The van der Waals surface area contributed by atoms with E-state index in [4.69, 9.17) is 4.52 Å². The summed E-state index contributed by atoms with van der Waals surface area (Å²) >= 11 is 0. The van der Waals surface area contributed by atoms with Crippen molar-refractivity contribution in [2.75, 3.05) is 6.26 Å². The summed E-state index contributed by atoms with van der Waals surface area (Å²) in [5, 5.41) is 3.74. The molecule has 0 aliphatic carbocycles. The van der Waals surface area contributed by atoms with E-state index in [-0.39, 0.29) is 0 Å². The number of nitrogens with zero attached hydrogens (tertiary/aromatic N) is 1. The smallest absolute Gasteiger partial charge is 0.170 e. The Labute approximate surface area is 90.6 Å². The maximum absolute atomic E-state index is 11.1. The molecule has 1 heterocycles. The van der Waals surface area contributed by atoms with Crippen LogP contribution in [-0.2, 0) is 16.6 Å². The van der Waals surface area contributed by atoms with Gasteiger partial charge in [0, 0.05) is 28.2 Å². The average molecular weight is 221 g/mol. The molecular weight excluding hydrogens is 210 g/mol. The fourth-order valence-electron chi connectivity index (χ4n) is 1.41. The molecular formula is C11H11NO2S. The van der Waals surface area contributed by atoms with Crippen molar-refractivity contribution in [3.05, 3.63) is 42.1 Å². The van der Waals surface area contributed by atoms with Crippen LogP contribution >= 0.6 is 0 Å². The van der Waals surface area contributed by atoms with Gasteiger partial charge in [0.15, 0.2) is 5.76 Å². The summed E-state index contributed by atoms with van der Waals surface area (Å²) in [6, 6.07) is 9.71. The molecule has 4 heteroatoms. The van der Waals surface area contributed by atoms with Crippen LogP contribution < -0.4 is 0 Å². The van der Waals surface area contributed by atoms with E-state index in [2.05, 4.69) is 5.16 Å². The topological polar surface area (TPSA) is 43.1 Å². The van der Waals surface area contributed by atoms with Crippen molar-refractivity contribution >= 4 is 10.8 Å². The Morgan fingerprint density at radius 2 is 2.07 bits per heavy atom. The highest BCUT2D eigenvalue weighted by Gasteiger charge is 2.10. The highest BCUT2D eigenvalue weighted by molar-refractivity contribution is 7.83. The van der Waals surface area contributed by atoms with Crippen molar-refractivity contribution in [3.8, 4) is 11.3 Å². The van der Waals surface area contributed by atoms with Gasteiger partial charge in [0.25, 0.3) is 0 Å². The number of hydrogen-bond acceptors (Lipinski definition) is 3. The van der Waals surface area contributed by atoms with Crippen LogP contribution in [0.2, 0.25) is 0 Å². The van der Waals surface area contributed by atoms with Gasteiger partial charge in [0.05, 0.1) is 11.9 Å². The Hall–Kier alpha value is -1.42. The quantitative estimate of drug-likeness (QED) is 0.798. The Kier molecular flexibility index (Phi) is 2.97. The first-order chi connectivity index (χ1) is 7.27. The molecule has 1 atom stereocenters. The number of benzene rings is 1. The molecule has 0 aliphatic heterocycles. The van der Waals surface area contributed by atoms with Crippen molar-refractivity contribution in [2.45, 2.75) is 5.75 Å². The van der Waals surface area contributed by atoms with E-state index < -0.39 is 10.8 Å². The molecule has 1 aromatic heterocycles. The highest BCUT2D eigenvalue weighted by atomic mass is 32.2. The van der Waals surface area contributed by atoms with Crippen molar-refractivity contribution in [2.24, 2.45) is 0 Å². The van der Waals surface area contributed by atoms with E-state index >= 15 is 0 Å². The maximum Gasteiger partial charge on any atom is 0.170 e. The Bertz CT molecular complexity index is 464. The van der Waals surface area contributed by atoms with Gasteiger partial charge in [0.2, 0.25) is 0 Å². The van der Waals surface area contributed by atoms with Gasteiger partial charge >= 0.3 is 0 Å². The molecule has 2 aromatic rings. The van der Waals surface area contributed by atoms with Crippen molar-refractivity contribution < 1.29 is 8.73 Å². The summed E-state index contributed by atoms with van der Waals surface area (Å²) in [7, 11) is -0.879. The molecule has 0 bridgehead atoms. The van der Waals surface area contributed by atoms with Crippen LogP contribution in [0.4, 0.5) is 0 Å². The molecule has 1 aromatic carbocycles. The predicted octanol–water partition coefficient (Wildman–Crippen LogP) is 2.22. The Morgan fingerprint density at radius 1 is 1.33 bits per heavy atom. The SMILES string of the molecule is CS(=O)Cc1cnoc1-c1ccccc1. The first-order valence-corrected chi connectivity index (χ1v) is 6.29. The second kappa shape index (κ2) is 4.40. The molecule has 0 saturated carbocycles. The van der Waals surface area contributed by atoms with Gasteiger partial charge in [-0.2, -0.15) is 0 Å². The van der Waals surface area contributed by atoms with Crippen molar-refractivity contribution in [3.63, 3.8) is 0 Å². The molecule has 0 aliphatic rings. The third kappa shape index (κ3) is 2.33. The summed E-state index contributed by atoms with van der Waals surface area (Å²) in [4.78, 5) is 0. The van der Waals surface area contributed by atoms with E-state index in [9.17, 15) is 4.21 Å². The Morgan fingerprint density at radius 3 is 2.73 bits per heavy atom. The Balaban J connectivity index is 2.37. The molecule has 15 heavy (non-hydrogen) atoms. The minimum absolute atomic E-state index is 0.480. The summed E-state index contributed by atoms with van der Waals surface area (Å²) in [6.45, 7) is 0. The minimum atomic E-state index is -0.879. The zero-order chi connectivity index (χ0) is 10.7. The van der Waals surface area contributed by atoms with Crippen LogP contribution in [0.3, 0.4) is 0 Å². The van der Waals surface area contributed by atoms with Gasteiger partial charge < -0.3 is 4.52 Å². The molecule has 2 rings (SSSR count). The number of rotatable bonds is 3. The van der Waals surface area contributed by atoms with Crippen LogP contribution in [0.5, 0.6) is 0 Å². The predicted molar refractivity (Wildman–Crippen MR) is 59.7 cm³/mol. The highest BCUT2D eigenvalue weighted by Crippen LogP contribution is 2.23. The lowest BCUT2D eigenvalue weighted by Gasteiger charge is -1.98. The summed E-state index contributed by atoms with van der Waals surface area (Å²) in [6.07, 6.45) is 3.30. The van der Waals surface area contributed by atoms with Gasteiger partial charge in [-0.3, -0.25) is 4.21 Å². The second-order valence-corrected chi connectivity index (χ2v) is 4.70. The summed E-state index contributed by atoms with van der Waals surface area (Å²) in [5.74, 6) is 1.19. The molecule has 1 unspecified atom stereocenters. The fourth-order valence-corrected chi connectivity index (χ4v) is 2.05. The van der Waals surface area contributed by atoms with E-state index in [1.807, 2.05) is 30.3 Å². The standard InChI is InChI=1S/C11H11NO2S/c1-15(13)8-10-7-12-14-11(10)9-5-3-2-4-6-9/h2-7H,8H2,1H3. The third-order valence-electron chi connectivity index (χ3n) is 2.04. The van der Waals surface area contributed by atoms with Crippen LogP contribution in [-0.4, -0.2) is 15.6 Å². The summed E-state index contributed by atoms with van der Waals surface area (Å²) < 4.78 is 16.3. The average Bonchev–Trinajstić information content (AvgIpc) is 2.66. The van der Waals surface area contributed by atoms with Crippen molar-refractivity contribution in [1.29, 1.82) is 0 Å². The van der Waals surface area contributed by atoms with Gasteiger partial charge in [-0.15, -0.1) is 0 Å². The van der Waals surface area contributed by atoms with E-state index in [1.54, 1.807) is 12.5 Å². The first-order valence-electron chi connectivity index (χ1n) is 4.56. The molecule has 0 spiro atoms. The molecule has 0 saturated heterocycles. The lowest BCUT2D eigenvalue weighted by Crippen LogP contribution is -1.92. The zero-order valence-corrected chi connectivity index (χ0v) is 9.16. The largest absolute Gasteiger partial charge is 0.356 e. The van der Waals surface area contributed by atoms with Crippen LogP contribution in [0.15, 0.2) is 41.1 Å². The third-order valence-corrected chi connectivity index (χ3v) is 2.76. The molecule has 78 valence electrons. The molecule has 3 nitrogen and oxygen atoms in total. The molecule has 0 radical (unpaired) electrons. The van der Waals surface area contributed by atoms with Gasteiger partial charge in [-0.05, 0) is 0 Å². The van der Waals surface area contributed by atoms with Crippen LogP contribution in [0.1, 0.15) is 5.56 Å². The van der Waals surface area contributed by atoms with E-state index in [0.29, 0.717) is 11.5 Å². The van der Waals surface area contributed by atoms with E-state index in [1.165, 1.54) is 0 Å². The van der Waals surface area contributed by atoms with Crippen LogP contribution in [0.25, 0.3) is 11.3 Å². The lowest BCUT2D eigenvalue weighted by molar-refractivity contribution is 0.432. The monoisotopic (exact) mass is 221 g/mol. The summed E-state index contributed by atoms with van der Waals surface area (Å²) in [5.41, 5.74) is 1.86. The fraction of sp³-hybridized carbons (Fsp3) is 0.182. The zero-order valence-electron chi connectivity index (χ0n) is 8.34. The number of aromatic nitrogens is 1. The maximum atomic E-state index is 11.1. The van der Waals surface area contributed by atoms with E-state index in [0.717, 1.165) is 11.1 Å². The lowest BCUT2D eigenvalue weighted by atomic mass is 10.1. The molecule has 0 amide bonds.